The number of carbonyl (C=O) groups is 1. The smallest absolute Gasteiger partial charge is 0.226 e. The van der Waals surface area contributed by atoms with Crippen LogP contribution in [0.25, 0.3) is 0 Å². The average molecular weight is 227 g/mol. The van der Waals surface area contributed by atoms with Gasteiger partial charge in [0.15, 0.2) is 0 Å². The van der Waals surface area contributed by atoms with Crippen LogP contribution in [-0.4, -0.2) is 10.8 Å². The zero-order valence-corrected chi connectivity index (χ0v) is 9.97. The molecule has 82 valence electrons. The summed E-state index contributed by atoms with van der Waals surface area (Å²) in [5, 5.41) is -0.348. The van der Waals surface area contributed by atoms with Crippen LogP contribution in [0.4, 0.5) is 0 Å². The monoisotopic (exact) mass is 226 g/mol. The van der Waals surface area contributed by atoms with E-state index in [-0.39, 0.29) is 17.3 Å². The summed E-state index contributed by atoms with van der Waals surface area (Å²) >= 11 is 5.29. The molecule has 0 aliphatic rings. The molecule has 0 aliphatic carbocycles. The van der Waals surface area contributed by atoms with Crippen LogP contribution >= 0.6 is 11.6 Å². The molecule has 0 spiro atoms. The lowest BCUT2D eigenvalue weighted by Crippen LogP contribution is -2.22. The Balaban J connectivity index is 2.68. The van der Waals surface area contributed by atoms with Gasteiger partial charge >= 0.3 is 0 Å². The number of carbonyl (C=O) groups excluding carboxylic acids is 1. The van der Waals surface area contributed by atoms with Crippen LogP contribution in [0.5, 0.6) is 5.75 Å². The molecule has 1 aromatic rings. The fourth-order valence-electron chi connectivity index (χ4n) is 1.19. The molecule has 0 aliphatic heterocycles. The summed E-state index contributed by atoms with van der Waals surface area (Å²) in [6.45, 7) is 5.97. The third kappa shape index (κ3) is 4.84. The van der Waals surface area contributed by atoms with Gasteiger partial charge in [-0.3, -0.25) is 4.79 Å². The van der Waals surface area contributed by atoms with E-state index in [0.29, 0.717) is 0 Å². The number of halogens is 1. The quantitative estimate of drug-likeness (QED) is 0.740. The van der Waals surface area contributed by atoms with Crippen molar-refractivity contribution in [3.05, 3.63) is 29.8 Å². The highest BCUT2D eigenvalue weighted by molar-refractivity contribution is 6.63. The summed E-state index contributed by atoms with van der Waals surface area (Å²) in [5.41, 5.74) is 0.695. The van der Waals surface area contributed by atoms with E-state index in [1.165, 1.54) is 0 Å². The molecule has 0 atom stereocenters. The molecule has 0 saturated carbocycles. The van der Waals surface area contributed by atoms with Gasteiger partial charge in [-0.15, -0.1) is 0 Å². The van der Waals surface area contributed by atoms with Gasteiger partial charge in [-0.1, -0.05) is 12.1 Å². The number of ether oxygens (including phenoxy) is 1. The Morgan fingerprint density at radius 3 is 2.20 bits per heavy atom. The van der Waals surface area contributed by atoms with Crippen LogP contribution in [0.3, 0.4) is 0 Å². The lowest BCUT2D eigenvalue weighted by molar-refractivity contribution is -0.111. The second kappa shape index (κ2) is 4.67. The van der Waals surface area contributed by atoms with E-state index in [1.54, 1.807) is 0 Å². The summed E-state index contributed by atoms with van der Waals surface area (Å²) in [7, 11) is 0. The molecule has 1 rings (SSSR count). The topological polar surface area (TPSA) is 26.3 Å². The van der Waals surface area contributed by atoms with Gasteiger partial charge in [0.25, 0.3) is 0 Å². The Bertz CT molecular complexity index is 336. The Morgan fingerprint density at radius 1 is 1.27 bits per heavy atom. The van der Waals surface area contributed by atoms with Crippen molar-refractivity contribution >= 4 is 16.8 Å². The molecule has 3 heteroatoms. The van der Waals surface area contributed by atoms with E-state index in [2.05, 4.69) is 0 Å². The Hall–Kier alpha value is -1.02. The van der Waals surface area contributed by atoms with Gasteiger partial charge in [-0.05, 0) is 50.1 Å². The number of rotatable bonds is 3. The largest absolute Gasteiger partial charge is 0.488 e. The molecule has 0 saturated heterocycles. The van der Waals surface area contributed by atoms with Crippen molar-refractivity contribution in [2.75, 3.05) is 0 Å². The summed E-state index contributed by atoms with van der Waals surface area (Å²) in [6, 6.07) is 7.39. The zero-order chi connectivity index (χ0) is 11.5. The molecule has 0 bridgehead atoms. The molecular weight excluding hydrogens is 212 g/mol. The zero-order valence-electron chi connectivity index (χ0n) is 9.21. The molecule has 0 N–H and O–H groups in total. The van der Waals surface area contributed by atoms with E-state index >= 15 is 0 Å². The van der Waals surface area contributed by atoms with Crippen molar-refractivity contribution in [1.29, 1.82) is 0 Å². The molecule has 0 radical (unpaired) electrons. The molecule has 15 heavy (non-hydrogen) atoms. The molecule has 0 amide bonds. The Kier molecular flexibility index (Phi) is 3.75. The molecular formula is C12H15ClO2. The Morgan fingerprint density at radius 2 is 1.80 bits per heavy atom. The van der Waals surface area contributed by atoms with Crippen molar-refractivity contribution in [2.45, 2.75) is 32.8 Å². The lowest BCUT2D eigenvalue weighted by Gasteiger charge is -2.21. The summed E-state index contributed by atoms with van der Waals surface area (Å²) in [4.78, 5) is 10.7. The predicted octanol–water partition coefficient (Wildman–Crippen LogP) is 3.17. The van der Waals surface area contributed by atoms with Crippen LogP contribution in [0.1, 0.15) is 26.3 Å². The van der Waals surface area contributed by atoms with Crippen LogP contribution in [0, 0.1) is 0 Å². The summed E-state index contributed by atoms with van der Waals surface area (Å²) in [6.07, 6.45) is 0.261. The molecule has 0 heterocycles. The van der Waals surface area contributed by atoms with E-state index in [1.807, 2.05) is 45.0 Å². The van der Waals surface area contributed by atoms with Gasteiger partial charge in [0.05, 0.1) is 0 Å². The molecule has 1 aromatic carbocycles. The van der Waals surface area contributed by atoms with Crippen LogP contribution in [0.2, 0.25) is 0 Å². The van der Waals surface area contributed by atoms with Gasteiger partial charge in [0.1, 0.15) is 11.4 Å². The van der Waals surface area contributed by atoms with E-state index in [0.717, 1.165) is 11.3 Å². The van der Waals surface area contributed by atoms with Crippen LogP contribution in [0.15, 0.2) is 24.3 Å². The Labute approximate surface area is 95.2 Å². The second-order valence-corrected chi connectivity index (χ2v) is 4.81. The van der Waals surface area contributed by atoms with E-state index < -0.39 is 0 Å². The van der Waals surface area contributed by atoms with Crippen LogP contribution < -0.4 is 4.74 Å². The maximum Gasteiger partial charge on any atom is 0.226 e. The molecule has 0 unspecified atom stereocenters. The van der Waals surface area contributed by atoms with Gasteiger partial charge in [-0.2, -0.15) is 0 Å². The second-order valence-electron chi connectivity index (χ2n) is 4.39. The van der Waals surface area contributed by atoms with E-state index in [9.17, 15) is 4.79 Å². The summed E-state index contributed by atoms with van der Waals surface area (Å²) < 4.78 is 5.64. The van der Waals surface area contributed by atoms with Gasteiger partial charge in [0, 0.05) is 6.42 Å². The third-order valence-electron chi connectivity index (χ3n) is 1.69. The van der Waals surface area contributed by atoms with Crippen molar-refractivity contribution in [3.8, 4) is 5.75 Å². The van der Waals surface area contributed by atoms with Gasteiger partial charge in [0.2, 0.25) is 5.24 Å². The minimum Gasteiger partial charge on any atom is -0.488 e. The van der Waals surface area contributed by atoms with Crippen molar-refractivity contribution < 1.29 is 9.53 Å². The molecule has 2 nitrogen and oxygen atoms in total. The maximum atomic E-state index is 10.7. The highest BCUT2D eigenvalue weighted by Gasteiger charge is 2.11. The minimum absolute atomic E-state index is 0.205. The average Bonchev–Trinajstić information content (AvgIpc) is 2.05. The van der Waals surface area contributed by atoms with Gasteiger partial charge < -0.3 is 4.74 Å². The number of hydrogen-bond acceptors (Lipinski definition) is 2. The third-order valence-corrected chi connectivity index (χ3v) is 1.82. The lowest BCUT2D eigenvalue weighted by atomic mass is 10.1. The van der Waals surface area contributed by atoms with Crippen molar-refractivity contribution in [3.63, 3.8) is 0 Å². The van der Waals surface area contributed by atoms with Crippen molar-refractivity contribution in [1.82, 2.24) is 0 Å². The van der Waals surface area contributed by atoms with Gasteiger partial charge in [-0.25, -0.2) is 0 Å². The standard InChI is InChI=1S/C12H15ClO2/c1-12(2,3)15-10-6-4-9(5-7-10)8-11(13)14/h4-7H,8H2,1-3H3. The first-order valence-corrected chi connectivity index (χ1v) is 5.21. The number of hydrogen-bond donors (Lipinski definition) is 0. The fourth-order valence-corrected chi connectivity index (χ4v) is 1.34. The highest BCUT2D eigenvalue weighted by Crippen LogP contribution is 2.18. The normalized spacial score (nSPS) is 11.2. The van der Waals surface area contributed by atoms with E-state index in [4.69, 9.17) is 16.3 Å². The SMILES string of the molecule is CC(C)(C)Oc1ccc(CC(=O)Cl)cc1. The fraction of sp³-hybridized carbons (Fsp3) is 0.417. The summed E-state index contributed by atoms with van der Waals surface area (Å²) in [5.74, 6) is 0.799. The molecule has 0 aromatic heterocycles. The van der Waals surface area contributed by atoms with Crippen molar-refractivity contribution in [2.24, 2.45) is 0 Å². The first-order valence-electron chi connectivity index (χ1n) is 4.83. The molecule has 0 fully saturated rings. The predicted molar refractivity (Wildman–Crippen MR) is 61.4 cm³/mol. The minimum atomic E-state index is -0.348. The van der Waals surface area contributed by atoms with Crippen LogP contribution in [-0.2, 0) is 11.2 Å². The maximum absolute atomic E-state index is 10.7. The number of benzene rings is 1. The first kappa shape index (κ1) is 12.1. The highest BCUT2D eigenvalue weighted by atomic mass is 35.5. The first-order chi connectivity index (χ1) is 6.87.